The zero-order valence-electron chi connectivity index (χ0n) is 12.0. The summed E-state index contributed by atoms with van der Waals surface area (Å²) in [5.41, 5.74) is 6.57. The minimum atomic E-state index is 0.0491. The Morgan fingerprint density at radius 2 is 1.95 bits per heavy atom. The Morgan fingerprint density at radius 1 is 1.32 bits per heavy atom. The Labute approximate surface area is 120 Å². The fourth-order valence-corrected chi connectivity index (χ4v) is 2.49. The third-order valence-corrected chi connectivity index (χ3v) is 3.73. The second-order valence-electron chi connectivity index (χ2n) is 5.21. The average Bonchev–Trinajstić information content (AvgIpc) is 2.38. The maximum absolute atomic E-state index is 11.9. The van der Waals surface area contributed by atoms with Crippen LogP contribution in [-0.2, 0) is 4.79 Å². The first-order chi connectivity index (χ1) is 9.05. The van der Waals surface area contributed by atoms with E-state index in [2.05, 4.69) is 19.2 Å². The monoisotopic (exact) mass is 280 g/mol. The SMILES string of the molecule is CSc1ccc(NC(=O)CC(CN)CC(C)C)cc1. The minimum absolute atomic E-state index is 0.0491. The summed E-state index contributed by atoms with van der Waals surface area (Å²) in [5, 5.41) is 2.93. The van der Waals surface area contributed by atoms with Crippen molar-refractivity contribution < 1.29 is 4.79 Å². The highest BCUT2D eigenvalue weighted by molar-refractivity contribution is 7.98. The smallest absolute Gasteiger partial charge is 0.224 e. The van der Waals surface area contributed by atoms with E-state index < -0.39 is 0 Å². The van der Waals surface area contributed by atoms with Gasteiger partial charge in [0.05, 0.1) is 0 Å². The number of benzene rings is 1. The Morgan fingerprint density at radius 3 is 2.42 bits per heavy atom. The molecule has 106 valence electrons. The van der Waals surface area contributed by atoms with Gasteiger partial charge < -0.3 is 11.1 Å². The lowest BCUT2D eigenvalue weighted by atomic mass is 9.94. The standard InChI is InChI=1S/C15H24N2OS/c1-11(2)8-12(10-16)9-15(18)17-13-4-6-14(19-3)7-5-13/h4-7,11-12H,8-10,16H2,1-3H3,(H,17,18). The number of thioether (sulfide) groups is 1. The first-order valence-corrected chi connectivity index (χ1v) is 7.91. The molecule has 3 N–H and O–H groups in total. The van der Waals surface area contributed by atoms with E-state index in [9.17, 15) is 4.79 Å². The van der Waals surface area contributed by atoms with Crippen LogP contribution in [0, 0.1) is 11.8 Å². The van der Waals surface area contributed by atoms with E-state index in [1.54, 1.807) is 11.8 Å². The summed E-state index contributed by atoms with van der Waals surface area (Å²) in [5.74, 6) is 0.890. The van der Waals surface area contributed by atoms with Gasteiger partial charge in [-0.3, -0.25) is 4.79 Å². The fourth-order valence-electron chi connectivity index (χ4n) is 2.08. The molecule has 1 amide bonds. The minimum Gasteiger partial charge on any atom is -0.330 e. The molecule has 4 heteroatoms. The molecule has 1 rings (SSSR count). The number of anilines is 1. The number of hydrogen-bond acceptors (Lipinski definition) is 3. The van der Waals surface area contributed by atoms with Crippen molar-refractivity contribution in [2.24, 2.45) is 17.6 Å². The van der Waals surface area contributed by atoms with Gasteiger partial charge in [-0.1, -0.05) is 13.8 Å². The van der Waals surface area contributed by atoms with Gasteiger partial charge in [0.1, 0.15) is 0 Å². The quantitative estimate of drug-likeness (QED) is 0.753. The van der Waals surface area contributed by atoms with Crippen molar-refractivity contribution in [3.05, 3.63) is 24.3 Å². The molecule has 1 aromatic rings. The highest BCUT2D eigenvalue weighted by Crippen LogP contribution is 2.19. The molecule has 0 aliphatic carbocycles. The molecular formula is C15H24N2OS. The van der Waals surface area contributed by atoms with E-state index in [-0.39, 0.29) is 11.8 Å². The van der Waals surface area contributed by atoms with E-state index in [4.69, 9.17) is 5.73 Å². The Hall–Kier alpha value is -1.00. The van der Waals surface area contributed by atoms with Gasteiger partial charge in [0.2, 0.25) is 5.91 Å². The van der Waals surface area contributed by atoms with Gasteiger partial charge in [-0.15, -0.1) is 11.8 Å². The first-order valence-electron chi connectivity index (χ1n) is 6.69. The van der Waals surface area contributed by atoms with Gasteiger partial charge in [0.25, 0.3) is 0 Å². The van der Waals surface area contributed by atoms with Crippen LogP contribution in [0.5, 0.6) is 0 Å². The summed E-state index contributed by atoms with van der Waals surface area (Å²) in [7, 11) is 0. The van der Waals surface area contributed by atoms with Crippen molar-refractivity contribution in [3.63, 3.8) is 0 Å². The van der Waals surface area contributed by atoms with Gasteiger partial charge in [-0.25, -0.2) is 0 Å². The van der Waals surface area contributed by atoms with Crippen molar-refractivity contribution in [2.45, 2.75) is 31.6 Å². The van der Waals surface area contributed by atoms with Crippen LogP contribution < -0.4 is 11.1 Å². The third kappa shape index (κ3) is 6.12. The number of hydrogen-bond donors (Lipinski definition) is 2. The van der Waals surface area contributed by atoms with Crippen LogP contribution >= 0.6 is 11.8 Å². The van der Waals surface area contributed by atoms with Crippen LogP contribution in [-0.4, -0.2) is 18.7 Å². The number of carbonyl (C=O) groups is 1. The summed E-state index contributed by atoms with van der Waals surface area (Å²) >= 11 is 1.69. The lowest BCUT2D eigenvalue weighted by molar-refractivity contribution is -0.117. The van der Waals surface area contributed by atoms with Crippen molar-refractivity contribution >= 4 is 23.4 Å². The predicted octanol–water partition coefficient (Wildman–Crippen LogP) is 3.36. The van der Waals surface area contributed by atoms with Crippen LogP contribution in [0.2, 0.25) is 0 Å². The molecule has 19 heavy (non-hydrogen) atoms. The highest BCUT2D eigenvalue weighted by atomic mass is 32.2. The summed E-state index contributed by atoms with van der Waals surface area (Å²) in [6.07, 6.45) is 3.53. The molecule has 1 atom stereocenters. The van der Waals surface area contributed by atoms with Crippen molar-refractivity contribution in [1.82, 2.24) is 0 Å². The number of nitrogens with one attached hydrogen (secondary N) is 1. The maximum Gasteiger partial charge on any atom is 0.224 e. The molecule has 0 fully saturated rings. The van der Waals surface area contributed by atoms with Gasteiger partial charge in [0, 0.05) is 17.0 Å². The van der Waals surface area contributed by atoms with Crippen LogP contribution in [0.4, 0.5) is 5.69 Å². The van der Waals surface area contributed by atoms with Gasteiger partial charge in [0.15, 0.2) is 0 Å². The highest BCUT2D eigenvalue weighted by Gasteiger charge is 2.14. The predicted molar refractivity (Wildman–Crippen MR) is 83.5 cm³/mol. The molecule has 0 saturated heterocycles. The molecule has 0 spiro atoms. The lowest BCUT2D eigenvalue weighted by Crippen LogP contribution is -2.23. The fraction of sp³-hybridized carbons (Fsp3) is 0.533. The molecule has 0 aromatic heterocycles. The third-order valence-electron chi connectivity index (χ3n) is 2.99. The second kappa shape index (κ2) is 8.23. The van der Waals surface area contributed by atoms with Crippen LogP contribution in [0.1, 0.15) is 26.7 Å². The Kier molecular flexibility index (Phi) is 6.95. The summed E-state index contributed by atoms with van der Waals surface area (Å²) < 4.78 is 0. The van der Waals surface area contributed by atoms with Crippen molar-refractivity contribution in [2.75, 3.05) is 18.1 Å². The van der Waals surface area contributed by atoms with Crippen LogP contribution in [0.25, 0.3) is 0 Å². The van der Waals surface area contributed by atoms with E-state index in [1.807, 2.05) is 30.5 Å². The number of rotatable bonds is 7. The molecule has 1 aromatic carbocycles. The zero-order chi connectivity index (χ0) is 14.3. The van der Waals surface area contributed by atoms with Crippen LogP contribution in [0.3, 0.4) is 0 Å². The first kappa shape index (κ1) is 16.1. The molecule has 1 unspecified atom stereocenters. The average molecular weight is 280 g/mol. The van der Waals surface area contributed by atoms with E-state index >= 15 is 0 Å². The van der Waals surface area contributed by atoms with E-state index in [1.165, 1.54) is 4.90 Å². The topological polar surface area (TPSA) is 55.1 Å². The second-order valence-corrected chi connectivity index (χ2v) is 6.09. The summed E-state index contributed by atoms with van der Waals surface area (Å²) in [6, 6.07) is 7.89. The molecular weight excluding hydrogens is 256 g/mol. The number of amides is 1. The zero-order valence-corrected chi connectivity index (χ0v) is 12.8. The molecule has 0 radical (unpaired) electrons. The largest absolute Gasteiger partial charge is 0.330 e. The van der Waals surface area contributed by atoms with Gasteiger partial charge in [-0.2, -0.15) is 0 Å². The van der Waals surface area contributed by atoms with Crippen molar-refractivity contribution in [3.8, 4) is 0 Å². The molecule has 0 aliphatic heterocycles. The van der Waals surface area contributed by atoms with Crippen molar-refractivity contribution in [1.29, 1.82) is 0 Å². The van der Waals surface area contributed by atoms with Gasteiger partial charge in [-0.05, 0) is 55.3 Å². The normalized spacial score (nSPS) is 12.5. The molecule has 0 aliphatic rings. The number of nitrogens with two attached hydrogens (primary N) is 1. The molecule has 3 nitrogen and oxygen atoms in total. The molecule has 0 saturated carbocycles. The van der Waals surface area contributed by atoms with Gasteiger partial charge >= 0.3 is 0 Å². The molecule has 0 heterocycles. The maximum atomic E-state index is 11.9. The number of carbonyl (C=O) groups excluding carboxylic acids is 1. The lowest BCUT2D eigenvalue weighted by Gasteiger charge is -2.16. The van der Waals surface area contributed by atoms with Crippen LogP contribution in [0.15, 0.2) is 29.2 Å². The summed E-state index contributed by atoms with van der Waals surface area (Å²) in [4.78, 5) is 13.1. The van der Waals surface area contributed by atoms with E-state index in [0.717, 1.165) is 12.1 Å². The Balaban J connectivity index is 2.49. The molecule has 0 bridgehead atoms. The summed E-state index contributed by atoms with van der Waals surface area (Å²) in [6.45, 7) is 4.88. The Bertz CT molecular complexity index is 390. The van der Waals surface area contributed by atoms with E-state index in [0.29, 0.717) is 18.9 Å².